The Kier molecular flexibility index (Phi) is 5.07. The Balaban J connectivity index is 1.52. The summed E-state index contributed by atoms with van der Waals surface area (Å²) in [6.07, 6.45) is 4.40. The molecule has 3 heterocycles. The Bertz CT molecular complexity index is 1030. The van der Waals surface area contributed by atoms with Gasteiger partial charge in [0.05, 0.1) is 17.4 Å². The van der Waals surface area contributed by atoms with Gasteiger partial charge >= 0.3 is 0 Å². The zero-order chi connectivity index (χ0) is 20.4. The number of carbonyl (C=O) groups is 2. The standard InChI is InChI=1S/C21H20FN5O2/c22-15-6-8-16(9-7-15)27-20(23)17(12-25-27)19(28)14-4-3-11-26(13-14)21(29)18-5-1-2-10-24-18/h1-2,5-10,12,14H,3-4,11,13,23H2/t14-/m1/s1. The number of nitrogens with zero attached hydrogens (tertiary/aromatic N) is 4. The van der Waals surface area contributed by atoms with Crippen LogP contribution in [0.15, 0.2) is 54.9 Å². The highest BCUT2D eigenvalue weighted by Crippen LogP contribution is 2.26. The number of Topliss-reactive ketones (excluding diaryl/α,β-unsaturated/α-hetero) is 1. The third kappa shape index (κ3) is 3.73. The monoisotopic (exact) mass is 393 g/mol. The number of nitrogens with two attached hydrogens (primary N) is 1. The number of ketones is 1. The van der Waals surface area contributed by atoms with Crippen LogP contribution in [0.1, 0.15) is 33.7 Å². The average Bonchev–Trinajstić information content (AvgIpc) is 3.15. The summed E-state index contributed by atoms with van der Waals surface area (Å²) in [6.45, 7) is 0.902. The van der Waals surface area contributed by atoms with Crippen molar-refractivity contribution in [3.8, 4) is 5.69 Å². The maximum atomic E-state index is 13.2. The second kappa shape index (κ2) is 7.83. The Hall–Kier alpha value is -3.55. The van der Waals surface area contributed by atoms with Gasteiger partial charge in [0.1, 0.15) is 17.3 Å². The van der Waals surface area contributed by atoms with Crippen molar-refractivity contribution in [2.45, 2.75) is 12.8 Å². The first-order valence-corrected chi connectivity index (χ1v) is 9.38. The summed E-state index contributed by atoms with van der Waals surface area (Å²) in [5.41, 5.74) is 7.41. The number of halogens is 1. The van der Waals surface area contributed by atoms with Crippen LogP contribution in [0.25, 0.3) is 5.69 Å². The van der Waals surface area contributed by atoms with Crippen LogP contribution in [0.5, 0.6) is 0 Å². The van der Waals surface area contributed by atoms with Crippen molar-refractivity contribution in [3.05, 3.63) is 71.9 Å². The molecule has 2 aromatic heterocycles. The molecule has 1 aliphatic rings. The number of anilines is 1. The first-order chi connectivity index (χ1) is 14.0. The van der Waals surface area contributed by atoms with Crippen molar-refractivity contribution in [1.82, 2.24) is 19.7 Å². The van der Waals surface area contributed by atoms with Gasteiger partial charge in [0.25, 0.3) is 5.91 Å². The lowest BCUT2D eigenvalue weighted by atomic mass is 9.90. The fraction of sp³-hybridized carbons (Fsp3) is 0.238. The van der Waals surface area contributed by atoms with Crippen molar-refractivity contribution in [1.29, 1.82) is 0 Å². The van der Waals surface area contributed by atoms with Gasteiger partial charge in [-0.1, -0.05) is 6.07 Å². The fourth-order valence-electron chi connectivity index (χ4n) is 3.58. The van der Waals surface area contributed by atoms with E-state index in [0.717, 1.165) is 6.42 Å². The Morgan fingerprint density at radius 1 is 1.14 bits per heavy atom. The van der Waals surface area contributed by atoms with Crippen molar-refractivity contribution < 1.29 is 14.0 Å². The first-order valence-electron chi connectivity index (χ1n) is 9.38. The molecule has 1 amide bonds. The molecule has 4 rings (SSSR count). The van der Waals surface area contributed by atoms with E-state index in [9.17, 15) is 14.0 Å². The highest BCUT2D eigenvalue weighted by atomic mass is 19.1. The van der Waals surface area contributed by atoms with Gasteiger partial charge < -0.3 is 10.6 Å². The molecule has 0 unspecified atom stereocenters. The summed E-state index contributed by atoms with van der Waals surface area (Å²) in [6, 6.07) is 10.9. The third-order valence-electron chi connectivity index (χ3n) is 5.11. The third-order valence-corrected chi connectivity index (χ3v) is 5.11. The van der Waals surface area contributed by atoms with Gasteiger partial charge in [-0.25, -0.2) is 9.07 Å². The number of amides is 1. The number of carbonyl (C=O) groups excluding carboxylic acids is 2. The van der Waals surface area contributed by atoms with E-state index in [-0.39, 0.29) is 29.2 Å². The fourth-order valence-corrected chi connectivity index (χ4v) is 3.58. The smallest absolute Gasteiger partial charge is 0.272 e. The number of hydrogen-bond acceptors (Lipinski definition) is 5. The summed E-state index contributed by atoms with van der Waals surface area (Å²) in [7, 11) is 0. The largest absolute Gasteiger partial charge is 0.383 e. The number of benzene rings is 1. The van der Waals surface area contributed by atoms with Crippen LogP contribution in [0.2, 0.25) is 0 Å². The summed E-state index contributed by atoms with van der Waals surface area (Å²) >= 11 is 0. The number of likely N-dealkylation sites (tertiary alicyclic amines) is 1. The molecule has 1 aliphatic heterocycles. The van der Waals surface area contributed by atoms with Gasteiger partial charge in [0.15, 0.2) is 5.78 Å². The minimum Gasteiger partial charge on any atom is -0.383 e. The molecule has 0 spiro atoms. The maximum absolute atomic E-state index is 13.2. The number of rotatable bonds is 4. The number of pyridine rings is 1. The van der Waals surface area contributed by atoms with Crippen LogP contribution in [0, 0.1) is 11.7 Å². The van der Waals surface area contributed by atoms with E-state index in [2.05, 4.69) is 10.1 Å². The molecule has 0 bridgehead atoms. The van der Waals surface area contributed by atoms with E-state index in [1.807, 2.05) is 0 Å². The highest BCUT2D eigenvalue weighted by Gasteiger charge is 2.31. The van der Waals surface area contributed by atoms with E-state index in [1.54, 1.807) is 41.4 Å². The molecule has 1 atom stereocenters. The predicted octanol–water partition coefficient (Wildman–Crippen LogP) is 2.72. The normalized spacial score (nSPS) is 16.6. The molecule has 29 heavy (non-hydrogen) atoms. The number of piperidine rings is 1. The van der Waals surface area contributed by atoms with Crippen LogP contribution in [0.4, 0.5) is 10.2 Å². The summed E-state index contributed by atoms with van der Waals surface area (Å²) < 4.78 is 14.6. The Labute approximate surface area is 167 Å². The van der Waals surface area contributed by atoms with Gasteiger partial charge in [-0.15, -0.1) is 0 Å². The summed E-state index contributed by atoms with van der Waals surface area (Å²) in [4.78, 5) is 31.5. The van der Waals surface area contributed by atoms with Crippen molar-refractivity contribution >= 4 is 17.5 Å². The van der Waals surface area contributed by atoms with Crippen molar-refractivity contribution in [2.75, 3.05) is 18.8 Å². The Morgan fingerprint density at radius 2 is 1.93 bits per heavy atom. The van der Waals surface area contributed by atoms with E-state index in [4.69, 9.17) is 5.73 Å². The van der Waals surface area contributed by atoms with Gasteiger partial charge in [-0.05, 0) is 49.2 Å². The van der Waals surface area contributed by atoms with Crippen LogP contribution >= 0.6 is 0 Å². The molecule has 0 saturated carbocycles. The molecule has 8 heteroatoms. The number of hydrogen-bond donors (Lipinski definition) is 1. The zero-order valence-electron chi connectivity index (χ0n) is 15.7. The summed E-state index contributed by atoms with van der Waals surface area (Å²) in [5, 5.41) is 4.19. The lowest BCUT2D eigenvalue weighted by Crippen LogP contribution is -2.42. The molecule has 1 saturated heterocycles. The molecule has 1 aromatic carbocycles. The van der Waals surface area contributed by atoms with Crippen molar-refractivity contribution in [3.63, 3.8) is 0 Å². The Morgan fingerprint density at radius 3 is 2.66 bits per heavy atom. The van der Waals surface area contributed by atoms with Crippen LogP contribution < -0.4 is 5.73 Å². The maximum Gasteiger partial charge on any atom is 0.272 e. The molecule has 1 fully saturated rings. The molecule has 3 aromatic rings. The molecule has 148 valence electrons. The lowest BCUT2D eigenvalue weighted by Gasteiger charge is -2.31. The topological polar surface area (TPSA) is 94.1 Å². The SMILES string of the molecule is Nc1c(C(=O)[C@@H]2CCCN(C(=O)c3ccccn3)C2)cnn1-c1ccc(F)cc1. The first kappa shape index (κ1) is 18.8. The van der Waals surface area contributed by atoms with Crippen LogP contribution in [-0.4, -0.2) is 44.4 Å². The average molecular weight is 393 g/mol. The molecular weight excluding hydrogens is 373 g/mol. The van der Waals surface area contributed by atoms with Crippen LogP contribution in [0.3, 0.4) is 0 Å². The minimum atomic E-state index is -0.365. The van der Waals surface area contributed by atoms with E-state index in [0.29, 0.717) is 36.5 Å². The molecule has 2 N–H and O–H groups in total. The highest BCUT2D eigenvalue weighted by molar-refractivity contribution is 6.02. The minimum absolute atomic E-state index is 0.144. The van der Waals surface area contributed by atoms with Gasteiger partial charge in [-0.2, -0.15) is 5.10 Å². The van der Waals surface area contributed by atoms with E-state index in [1.165, 1.54) is 23.0 Å². The van der Waals surface area contributed by atoms with Gasteiger partial charge in [-0.3, -0.25) is 14.6 Å². The quantitative estimate of drug-likeness (QED) is 0.688. The molecule has 7 nitrogen and oxygen atoms in total. The lowest BCUT2D eigenvalue weighted by molar-refractivity contribution is 0.0632. The summed E-state index contributed by atoms with van der Waals surface area (Å²) in [5.74, 6) is -0.845. The van der Waals surface area contributed by atoms with E-state index < -0.39 is 0 Å². The van der Waals surface area contributed by atoms with Gasteiger partial charge in [0.2, 0.25) is 0 Å². The van der Waals surface area contributed by atoms with Crippen LogP contribution in [-0.2, 0) is 0 Å². The second-order valence-corrected chi connectivity index (χ2v) is 7.00. The van der Waals surface area contributed by atoms with Gasteiger partial charge in [0, 0.05) is 25.2 Å². The van der Waals surface area contributed by atoms with E-state index >= 15 is 0 Å². The number of aromatic nitrogens is 3. The predicted molar refractivity (Wildman–Crippen MR) is 105 cm³/mol. The van der Waals surface area contributed by atoms with Crippen molar-refractivity contribution in [2.24, 2.45) is 5.92 Å². The zero-order valence-corrected chi connectivity index (χ0v) is 15.7. The molecule has 0 aliphatic carbocycles. The molecular formula is C21H20FN5O2. The molecule has 0 radical (unpaired) electrons. The number of nitrogen functional groups attached to an aromatic ring is 1. The second-order valence-electron chi connectivity index (χ2n) is 7.00.